The van der Waals surface area contributed by atoms with Gasteiger partial charge in [-0.2, -0.15) is 15.2 Å². The highest BCUT2D eigenvalue weighted by Gasteiger charge is 2.15. The first-order chi connectivity index (χ1) is 16.8. The second kappa shape index (κ2) is 12.1. The number of nitrogens with one attached hydrogen (secondary N) is 1. The molecule has 0 radical (unpaired) electrons. The van der Waals surface area contributed by atoms with Crippen molar-refractivity contribution in [2.75, 3.05) is 19.0 Å². The lowest BCUT2D eigenvalue weighted by Crippen LogP contribution is -2.43. The fraction of sp³-hybridized carbons (Fsp3) is 0.261. The fourth-order valence-electron chi connectivity index (χ4n) is 3.27. The Morgan fingerprint density at radius 1 is 1.11 bits per heavy atom. The van der Waals surface area contributed by atoms with Crippen LogP contribution in [0.3, 0.4) is 0 Å². The van der Waals surface area contributed by atoms with Gasteiger partial charge in [-0.25, -0.2) is 14.2 Å². The summed E-state index contributed by atoms with van der Waals surface area (Å²) in [5.41, 5.74) is 5.82. The Bertz CT molecular complexity index is 1380. The highest BCUT2D eigenvalue weighted by molar-refractivity contribution is 6.42. The molecule has 1 heterocycles. The molecule has 12 heteroatoms. The van der Waals surface area contributed by atoms with Crippen LogP contribution < -0.4 is 27.2 Å². The molecule has 0 spiro atoms. The van der Waals surface area contributed by atoms with Crippen LogP contribution in [0, 0.1) is 11.5 Å². The van der Waals surface area contributed by atoms with Gasteiger partial charge in [-0.15, -0.1) is 0 Å². The van der Waals surface area contributed by atoms with E-state index in [9.17, 15) is 9.59 Å². The van der Waals surface area contributed by atoms with E-state index in [2.05, 4.69) is 15.3 Å². The molecule has 0 aliphatic carbocycles. The van der Waals surface area contributed by atoms with E-state index in [0.29, 0.717) is 40.7 Å². The molecular formula is C23H23Cl2N7O3. The maximum atomic E-state index is 13.4. The molecule has 0 fully saturated rings. The Morgan fingerprint density at radius 2 is 1.80 bits per heavy atom. The maximum Gasteiger partial charge on any atom is 0.355 e. The summed E-state index contributed by atoms with van der Waals surface area (Å²) in [7, 11) is 1.57. The van der Waals surface area contributed by atoms with Gasteiger partial charge < -0.3 is 15.8 Å². The SMILES string of the molecule is COc1ccc(Cn2c(NCCCC(N)=NC#N)nc(=O)n(Cc3ccc(Cl)c(Cl)c3)c2=O)cc1. The van der Waals surface area contributed by atoms with Crippen LogP contribution in [-0.4, -0.2) is 33.6 Å². The topological polar surface area (TPSA) is 140 Å². The number of amidine groups is 1. The van der Waals surface area contributed by atoms with Crippen molar-refractivity contribution in [1.82, 2.24) is 14.1 Å². The van der Waals surface area contributed by atoms with Crippen LogP contribution in [-0.2, 0) is 13.1 Å². The molecule has 0 saturated heterocycles. The Morgan fingerprint density at radius 3 is 2.46 bits per heavy atom. The lowest BCUT2D eigenvalue weighted by atomic mass is 10.2. The molecule has 0 aliphatic rings. The van der Waals surface area contributed by atoms with Gasteiger partial charge in [0.15, 0.2) is 0 Å². The number of nitrogens with two attached hydrogens (primary N) is 1. The van der Waals surface area contributed by atoms with E-state index in [-0.39, 0.29) is 24.9 Å². The summed E-state index contributed by atoms with van der Waals surface area (Å²) in [6.45, 7) is 0.496. The van der Waals surface area contributed by atoms with Crippen LogP contribution in [0.4, 0.5) is 5.95 Å². The number of anilines is 1. The number of aliphatic imine (C=N–C) groups is 1. The van der Waals surface area contributed by atoms with E-state index in [1.165, 1.54) is 4.57 Å². The van der Waals surface area contributed by atoms with Gasteiger partial charge in [-0.1, -0.05) is 41.4 Å². The number of ether oxygens (including phenoxy) is 1. The summed E-state index contributed by atoms with van der Waals surface area (Å²) < 4.78 is 7.61. The zero-order chi connectivity index (χ0) is 25.4. The number of benzene rings is 2. The largest absolute Gasteiger partial charge is 0.497 e. The molecule has 0 amide bonds. The Balaban J connectivity index is 1.94. The highest BCUT2D eigenvalue weighted by atomic mass is 35.5. The van der Waals surface area contributed by atoms with Gasteiger partial charge in [0, 0.05) is 13.0 Å². The van der Waals surface area contributed by atoms with Crippen LogP contribution in [0.1, 0.15) is 24.0 Å². The molecule has 10 nitrogen and oxygen atoms in total. The first-order valence-corrected chi connectivity index (χ1v) is 11.3. The predicted octanol–water partition coefficient (Wildman–Crippen LogP) is 2.85. The summed E-state index contributed by atoms with van der Waals surface area (Å²) in [5.74, 6) is 1.01. The number of nitriles is 1. The number of aromatic nitrogens is 3. The minimum absolute atomic E-state index is 0.0222. The van der Waals surface area contributed by atoms with Crippen LogP contribution >= 0.6 is 23.2 Å². The lowest BCUT2D eigenvalue weighted by Gasteiger charge is -2.16. The molecule has 0 atom stereocenters. The molecule has 0 aliphatic heterocycles. The average molecular weight is 516 g/mol. The van der Waals surface area contributed by atoms with Crippen molar-refractivity contribution < 1.29 is 4.74 Å². The van der Waals surface area contributed by atoms with Gasteiger partial charge in [0.1, 0.15) is 11.6 Å². The van der Waals surface area contributed by atoms with Gasteiger partial charge in [0.25, 0.3) is 0 Å². The molecule has 0 unspecified atom stereocenters. The van der Waals surface area contributed by atoms with Gasteiger partial charge in [0.05, 0.1) is 30.2 Å². The Kier molecular flexibility index (Phi) is 8.89. The minimum Gasteiger partial charge on any atom is -0.497 e. The van der Waals surface area contributed by atoms with Crippen LogP contribution in [0.2, 0.25) is 10.0 Å². The standard InChI is InChI=1S/C23H23Cl2N7O3/c1-35-17-7-4-15(5-8-17)12-31-21(28-10-2-3-20(27)29-14-26)30-22(33)32(23(31)34)13-16-6-9-18(24)19(25)11-16/h4-9,11H,2-3,10,12-13H2,1H3,(H2,27,29)(H,28,30,33). The van der Waals surface area contributed by atoms with Crippen molar-refractivity contribution in [1.29, 1.82) is 5.26 Å². The van der Waals surface area contributed by atoms with Gasteiger partial charge in [-0.05, 0) is 41.8 Å². The van der Waals surface area contributed by atoms with Crippen LogP contribution in [0.5, 0.6) is 5.75 Å². The number of halogens is 2. The van der Waals surface area contributed by atoms with E-state index in [4.69, 9.17) is 38.9 Å². The van der Waals surface area contributed by atoms with E-state index in [1.54, 1.807) is 43.6 Å². The highest BCUT2D eigenvalue weighted by Crippen LogP contribution is 2.22. The van der Waals surface area contributed by atoms with Crippen molar-refractivity contribution >= 4 is 35.0 Å². The third-order valence-corrected chi connectivity index (χ3v) is 5.80. The monoisotopic (exact) mass is 515 g/mol. The van der Waals surface area contributed by atoms with Gasteiger partial charge in [0.2, 0.25) is 12.1 Å². The van der Waals surface area contributed by atoms with Crippen molar-refractivity contribution in [2.45, 2.75) is 25.9 Å². The van der Waals surface area contributed by atoms with Crippen molar-refractivity contribution in [3.63, 3.8) is 0 Å². The van der Waals surface area contributed by atoms with Crippen molar-refractivity contribution in [2.24, 2.45) is 10.7 Å². The Labute approximate surface area is 211 Å². The average Bonchev–Trinajstić information content (AvgIpc) is 2.84. The first-order valence-electron chi connectivity index (χ1n) is 10.6. The molecule has 3 N–H and O–H groups in total. The zero-order valence-corrected chi connectivity index (χ0v) is 20.4. The molecule has 3 aromatic rings. The zero-order valence-electron chi connectivity index (χ0n) is 18.9. The van der Waals surface area contributed by atoms with Crippen LogP contribution in [0.25, 0.3) is 0 Å². The molecule has 1 aromatic heterocycles. The maximum absolute atomic E-state index is 13.4. The van der Waals surface area contributed by atoms with Gasteiger partial charge in [-0.3, -0.25) is 4.57 Å². The molecule has 35 heavy (non-hydrogen) atoms. The fourth-order valence-corrected chi connectivity index (χ4v) is 3.59. The number of methoxy groups -OCH3 is 1. The number of hydrogen-bond donors (Lipinski definition) is 2. The normalized spacial score (nSPS) is 11.2. The van der Waals surface area contributed by atoms with Gasteiger partial charge >= 0.3 is 11.4 Å². The van der Waals surface area contributed by atoms with E-state index >= 15 is 0 Å². The summed E-state index contributed by atoms with van der Waals surface area (Å²) in [4.78, 5) is 33.8. The second-order valence-electron chi connectivity index (χ2n) is 7.50. The summed E-state index contributed by atoms with van der Waals surface area (Å²) in [6.07, 6.45) is 2.52. The molecule has 3 rings (SSSR count). The molecule has 0 bridgehead atoms. The lowest BCUT2D eigenvalue weighted by molar-refractivity contribution is 0.414. The molecule has 0 saturated carbocycles. The Hall–Kier alpha value is -3.81. The minimum atomic E-state index is -0.708. The number of rotatable bonds is 10. The van der Waals surface area contributed by atoms with E-state index in [1.807, 2.05) is 12.1 Å². The van der Waals surface area contributed by atoms with Crippen molar-refractivity contribution in [3.8, 4) is 11.9 Å². The first kappa shape index (κ1) is 25.8. The quantitative estimate of drug-likeness (QED) is 0.183. The number of hydrogen-bond acceptors (Lipinski definition) is 7. The molecule has 182 valence electrons. The smallest absolute Gasteiger partial charge is 0.355 e. The summed E-state index contributed by atoms with van der Waals surface area (Å²) in [6, 6.07) is 12.1. The third-order valence-electron chi connectivity index (χ3n) is 5.06. The second-order valence-corrected chi connectivity index (χ2v) is 8.32. The molecular weight excluding hydrogens is 493 g/mol. The summed E-state index contributed by atoms with van der Waals surface area (Å²) >= 11 is 12.1. The summed E-state index contributed by atoms with van der Waals surface area (Å²) in [5, 5.41) is 12.3. The van der Waals surface area contributed by atoms with E-state index in [0.717, 1.165) is 10.1 Å². The van der Waals surface area contributed by atoms with Crippen LogP contribution in [0.15, 0.2) is 57.0 Å². The van der Waals surface area contributed by atoms with E-state index < -0.39 is 11.4 Å². The predicted molar refractivity (Wildman–Crippen MR) is 135 cm³/mol. The number of nitrogens with zero attached hydrogens (tertiary/aromatic N) is 5. The molecule has 2 aromatic carbocycles. The van der Waals surface area contributed by atoms with Crippen molar-refractivity contribution in [3.05, 3.63) is 84.6 Å². The third kappa shape index (κ3) is 6.85.